The van der Waals surface area contributed by atoms with Gasteiger partial charge in [0.2, 0.25) is 5.91 Å². The molecule has 3 N–H and O–H groups in total. The van der Waals surface area contributed by atoms with Crippen LogP contribution in [0, 0.1) is 0 Å². The van der Waals surface area contributed by atoms with Gasteiger partial charge in [-0.25, -0.2) is 4.79 Å². The Labute approximate surface area is 126 Å². The summed E-state index contributed by atoms with van der Waals surface area (Å²) in [5.74, 6) is -0.347. The van der Waals surface area contributed by atoms with Gasteiger partial charge in [0.25, 0.3) is 0 Å². The highest BCUT2D eigenvalue weighted by molar-refractivity contribution is 9.10. The molecule has 0 radical (unpaired) electrons. The molecule has 6 heteroatoms. The normalized spacial score (nSPS) is 14.8. The average Bonchev–Trinajstić information content (AvgIpc) is 2.89. The molecule has 0 bridgehead atoms. The largest absolute Gasteiger partial charge is 0.376 e. The van der Waals surface area contributed by atoms with Gasteiger partial charge < -0.3 is 10.6 Å². The van der Waals surface area contributed by atoms with E-state index >= 15 is 0 Å². The van der Waals surface area contributed by atoms with Crippen LogP contribution in [-0.4, -0.2) is 24.5 Å². The van der Waals surface area contributed by atoms with Crippen molar-refractivity contribution in [2.75, 3.05) is 11.9 Å². The third-order valence-corrected chi connectivity index (χ3v) is 3.71. The van der Waals surface area contributed by atoms with Gasteiger partial charge in [-0.15, -0.1) is 0 Å². The second-order valence-corrected chi connectivity index (χ2v) is 5.78. The first-order valence-corrected chi connectivity index (χ1v) is 7.52. The van der Waals surface area contributed by atoms with E-state index in [9.17, 15) is 9.59 Å². The predicted octanol–water partition coefficient (Wildman–Crippen LogP) is 2.63. The van der Waals surface area contributed by atoms with Gasteiger partial charge in [-0.2, -0.15) is 0 Å². The molecule has 0 heterocycles. The number of amides is 3. The molecule has 5 nitrogen and oxygen atoms in total. The van der Waals surface area contributed by atoms with E-state index in [4.69, 9.17) is 0 Å². The second-order valence-electron chi connectivity index (χ2n) is 4.87. The van der Waals surface area contributed by atoms with Gasteiger partial charge in [0, 0.05) is 16.2 Å². The van der Waals surface area contributed by atoms with Crippen LogP contribution in [-0.2, 0) is 4.79 Å². The molecule has 0 spiro atoms. The topological polar surface area (TPSA) is 70.2 Å². The van der Waals surface area contributed by atoms with Crippen molar-refractivity contribution >= 4 is 33.6 Å². The fourth-order valence-corrected chi connectivity index (χ4v) is 2.64. The third-order valence-electron chi connectivity index (χ3n) is 3.22. The molecule has 1 aromatic carbocycles. The monoisotopic (exact) mass is 339 g/mol. The molecule has 1 saturated carbocycles. The van der Waals surface area contributed by atoms with E-state index < -0.39 is 6.03 Å². The fraction of sp³-hybridized carbons (Fsp3) is 0.429. The highest BCUT2D eigenvalue weighted by Gasteiger charge is 2.17. The van der Waals surface area contributed by atoms with Crippen molar-refractivity contribution in [2.24, 2.45) is 0 Å². The fourth-order valence-electron chi connectivity index (χ4n) is 2.24. The lowest BCUT2D eigenvalue weighted by molar-refractivity contribution is -0.118. The van der Waals surface area contributed by atoms with Crippen LogP contribution in [0.3, 0.4) is 0 Å². The average molecular weight is 340 g/mol. The molecule has 1 aliphatic rings. The SMILES string of the molecule is O=C(CNc1cccc(Br)c1)NC(=O)NC1CCCC1. The Balaban J connectivity index is 1.70. The van der Waals surface area contributed by atoms with E-state index in [1.165, 1.54) is 0 Å². The first kappa shape index (κ1) is 14.8. The van der Waals surface area contributed by atoms with E-state index in [1.54, 1.807) is 0 Å². The molecule has 0 aliphatic heterocycles. The zero-order chi connectivity index (χ0) is 14.4. The van der Waals surface area contributed by atoms with Crippen molar-refractivity contribution in [2.45, 2.75) is 31.7 Å². The summed E-state index contributed by atoms with van der Waals surface area (Å²) in [4.78, 5) is 23.2. The minimum atomic E-state index is -0.405. The summed E-state index contributed by atoms with van der Waals surface area (Å²) in [6.07, 6.45) is 4.28. The highest BCUT2D eigenvalue weighted by atomic mass is 79.9. The smallest absolute Gasteiger partial charge is 0.321 e. The number of urea groups is 1. The number of carbonyl (C=O) groups is 2. The Hall–Kier alpha value is -1.56. The van der Waals surface area contributed by atoms with Crippen molar-refractivity contribution in [3.05, 3.63) is 28.7 Å². The van der Waals surface area contributed by atoms with E-state index in [-0.39, 0.29) is 18.5 Å². The standard InChI is InChI=1S/C14H18BrN3O2/c15-10-4-3-7-12(8-10)16-9-13(19)18-14(20)17-11-5-1-2-6-11/h3-4,7-8,11,16H,1-2,5-6,9H2,(H2,17,18,19,20). The number of anilines is 1. The Kier molecular flexibility index (Phi) is 5.40. The number of benzene rings is 1. The van der Waals surface area contributed by atoms with Crippen LogP contribution >= 0.6 is 15.9 Å². The summed E-state index contributed by atoms with van der Waals surface area (Å²) in [6, 6.07) is 7.30. The van der Waals surface area contributed by atoms with Gasteiger partial charge in [0.15, 0.2) is 0 Å². The maximum Gasteiger partial charge on any atom is 0.321 e. The van der Waals surface area contributed by atoms with Crippen molar-refractivity contribution in [3.63, 3.8) is 0 Å². The summed E-state index contributed by atoms with van der Waals surface area (Å²) in [7, 11) is 0. The molecule has 1 aromatic rings. The summed E-state index contributed by atoms with van der Waals surface area (Å²) in [6.45, 7) is 0.0640. The van der Waals surface area contributed by atoms with Crippen molar-refractivity contribution in [1.82, 2.24) is 10.6 Å². The minimum Gasteiger partial charge on any atom is -0.376 e. The van der Waals surface area contributed by atoms with Crippen LogP contribution in [0.4, 0.5) is 10.5 Å². The van der Waals surface area contributed by atoms with Gasteiger partial charge in [-0.1, -0.05) is 34.8 Å². The molecule has 3 amide bonds. The van der Waals surface area contributed by atoms with E-state index in [0.717, 1.165) is 35.8 Å². The molecular weight excluding hydrogens is 322 g/mol. The summed E-state index contributed by atoms with van der Waals surface area (Å²) in [5, 5.41) is 8.10. The molecular formula is C14H18BrN3O2. The third kappa shape index (κ3) is 4.85. The zero-order valence-electron chi connectivity index (χ0n) is 11.1. The lowest BCUT2D eigenvalue weighted by atomic mass is 10.2. The number of imide groups is 1. The summed E-state index contributed by atoms with van der Waals surface area (Å²) < 4.78 is 0.932. The molecule has 1 fully saturated rings. The second kappa shape index (κ2) is 7.28. The summed E-state index contributed by atoms with van der Waals surface area (Å²) >= 11 is 3.35. The van der Waals surface area contributed by atoms with Gasteiger partial charge in [0.05, 0.1) is 6.54 Å². The maximum atomic E-state index is 11.6. The van der Waals surface area contributed by atoms with Gasteiger partial charge >= 0.3 is 6.03 Å². The summed E-state index contributed by atoms with van der Waals surface area (Å²) in [5.41, 5.74) is 0.825. The Morgan fingerprint density at radius 2 is 2.00 bits per heavy atom. The first-order valence-electron chi connectivity index (χ1n) is 6.73. The van der Waals surface area contributed by atoms with Gasteiger partial charge in [-0.3, -0.25) is 10.1 Å². The number of halogens is 1. The highest BCUT2D eigenvalue weighted by Crippen LogP contribution is 2.17. The van der Waals surface area contributed by atoms with Gasteiger partial charge in [0.1, 0.15) is 0 Å². The Morgan fingerprint density at radius 3 is 2.70 bits per heavy atom. The lowest BCUT2D eigenvalue weighted by Crippen LogP contribution is -2.45. The number of rotatable bonds is 4. The maximum absolute atomic E-state index is 11.6. The molecule has 0 atom stereocenters. The van der Waals surface area contributed by atoms with Crippen molar-refractivity contribution < 1.29 is 9.59 Å². The van der Waals surface area contributed by atoms with Crippen LogP contribution in [0.1, 0.15) is 25.7 Å². The Morgan fingerprint density at radius 1 is 1.25 bits per heavy atom. The zero-order valence-corrected chi connectivity index (χ0v) is 12.7. The van der Waals surface area contributed by atoms with Crippen molar-refractivity contribution in [3.8, 4) is 0 Å². The van der Waals surface area contributed by atoms with Crippen LogP contribution in [0.25, 0.3) is 0 Å². The number of carbonyl (C=O) groups excluding carboxylic acids is 2. The van der Waals surface area contributed by atoms with Crippen LogP contribution in [0.5, 0.6) is 0 Å². The lowest BCUT2D eigenvalue weighted by Gasteiger charge is -2.12. The number of hydrogen-bond acceptors (Lipinski definition) is 3. The van der Waals surface area contributed by atoms with E-state index in [1.807, 2.05) is 24.3 Å². The molecule has 1 aliphatic carbocycles. The Bertz CT molecular complexity index is 487. The van der Waals surface area contributed by atoms with Crippen LogP contribution in [0.15, 0.2) is 28.7 Å². The van der Waals surface area contributed by atoms with E-state index in [0.29, 0.717) is 0 Å². The molecule has 0 unspecified atom stereocenters. The number of nitrogens with one attached hydrogen (secondary N) is 3. The quantitative estimate of drug-likeness (QED) is 0.789. The molecule has 108 valence electrons. The number of hydrogen-bond donors (Lipinski definition) is 3. The minimum absolute atomic E-state index is 0.0640. The van der Waals surface area contributed by atoms with Gasteiger partial charge in [-0.05, 0) is 31.0 Å². The van der Waals surface area contributed by atoms with Crippen LogP contribution < -0.4 is 16.0 Å². The predicted molar refractivity (Wildman–Crippen MR) is 81.6 cm³/mol. The molecule has 2 rings (SSSR count). The first-order chi connectivity index (χ1) is 9.63. The molecule has 0 aromatic heterocycles. The van der Waals surface area contributed by atoms with Crippen LogP contribution in [0.2, 0.25) is 0 Å². The van der Waals surface area contributed by atoms with E-state index in [2.05, 4.69) is 31.9 Å². The van der Waals surface area contributed by atoms with Crippen molar-refractivity contribution in [1.29, 1.82) is 0 Å². The molecule has 20 heavy (non-hydrogen) atoms. The molecule has 0 saturated heterocycles.